The van der Waals surface area contributed by atoms with Crippen LogP contribution >= 0.6 is 0 Å². The fraction of sp³-hybridized carbons (Fsp3) is 0.474. The monoisotopic (exact) mass is 408 g/mol. The van der Waals surface area contributed by atoms with E-state index in [1.165, 1.54) is 6.92 Å². The van der Waals surface area contributed by atoms with Crippen LogP contribution in [0, 0.1) is 0 Å². The van der Waals surface area contributed by atoms with Crippen LogP contribution in [0.5, 0.6) is 0 Å². The minimum Gasteiger partial charge on any atom is -0.547 e. The summed E-state index contributed by atoms with van der Waals surface area (Å²) in [7, 11) is 0. The topological polar surface area (TPSA) is 140 Å². The van der Waals surface area contributed by atoms with Crippen molar-refractivity contribution in [3.8, 4) is 0 Å². The molecule has 1 aromatic carbocycles. The van der Waals surface area contributed by atoms with E-state index in [9.17, 15) is 24.3 Å². The van der Waals surface area contributed by atoms with Crippen LogP contribution in [0.2, 0.25) is 0 Å². The number of carbonyl (C=O) groups is 4. The largest absolute Gasteiger partial charge is 0.547 e. The molecule has 0 aromatic heterocycles. The lowest BCUT2D eigenvalue weighted by Gasteiger charge is -2.45. The van der Waals surface area contributed by atoms with Crippen molar-refractivity contribution in [2.24, 2.45) is 0 Å². The van der Waals surface area contributed by atoms with E-state index in [1.807, 2.05) is 6.07 Å². The maximum Gasteiger partial charge on any atom is 0.303 e. The van der Waals surface area contributed by atoms with E-state index in [4.69, 9.17) is 18.9 Å². The van der Waals surface area contributed by atoms with Gasteiger partial charge in [-0.25, -0.2) is 0 Å². The van der Waals surface area contributed by atoms with Crippen molar-refractivity contribution >= 4 is 23.8 Å². The molecule has 5 atom stereocenters. The first-order valence-electron chi connectivity index (χ1n) is 8.82. The molecule has 1 heterocycles. The molecule has 0 aliphatic carbocycles. The molecule has 1 aliphatic heterocycles. The van der Waals surface area contributed by atoms with Crippen molar-refractivity contribution in [2.45, 2.75) is 58.0 Å². The van der Waals surface area contributed by atoms with Gasteiger partial charge in [0.25, 0.3) is 0 Å². The summed E-state index contributed by atoms with van der Waals surface area (Å²) < 4.78 is 21.3. The first kappa shape index (κ1) is 22.3. The van der Waals surface area contributed by atoms with Gasteiger partial charge in [0, 0.05) is 20.8 Å². The first-order valence-corrected chi connectivity index (χ1v) is 8.82. The van der Waals surface area contributed by atoms with Gasteiger partial charge in [-0.2, -0.15) is 0 Å². The standard InChI is InChI=1S/C19H23NO9/c1-10(21)20-14-15(27-11(2)22)16(28-12(3)23)17(18(24)25)29-19(14)26-9-13-7-5-4-6-8-13/h4-8,14-17,19H,9H2,1-3H3,(H,20,21)(H,24,25)/p-1/t14-,15+,16-,17+,19-/m0/s1. The maximum absolute atomic E-state index is 11.7. The zero-order valence-corrected chi connectivity index (χ0v) is 16.2. The van der Waals surface area contributed by atoms with E-state index in [-0.39, 0.29) is 6.61 Å². The second-order valence-electron chi connectivity index (χ2n) is 6.42. The highest BCUT2D eigenvalue weighted by Gasteiger charge is 2.51. The number of carboxylic acid groups (broad SMARTS) is 1. The third-order valence-electron chi connectivity index (χ3n) is 4.01. The molecule has 1 aromatic rings. The lowest BCUT2D eigenvalue weighted by molar-refractivity contribution is -0.342. The molecule has 1 fully saturated rings. The van der Waals surface area contributed by atoms with Crippen LogP contribution in [0.3, 0.4) is 0 Å². The van der Waals surface area contributed by atoms with Crippen molar-refractivity contribution in [2.75, 3.05) is 0 Å². The molecule has 0 spiro atoms. The highest BCUT2D eigenvalue weighted by atomic mass is 16.7. The Morgan fingerprint density at radius 3 is 2.10 bits per heavy atom. The van der Waals surface area contributed by atoms with Gasteiger partial charge in [0.2, 0.25) is 5.91 Å². The van der Waals surface area contributed by atoms with E-state index in [0.29, 0.717) is 0 Å². The number of hydrogen-bond donors (Lipinski definition) is 1. The highest BCUT2D eigenvalue weighted by molar-refractivity contribution is 5.75. The van der Waals surface area contributed by atoms with Crippen LogP contribution in [-0.2, 0) is 44.7 Å². The summed E-state index contributed by atoms with van der Waals surface area (Å²) in [6.45, 7) is 3.39. The van der Waals surface area contributed by atoms with Crippen molar-refractivity contribution in [1.82, 2.24) is 5.32 Å². The average Bonchev–Trinajstić information content (AvgIpc) is 2.63. The number of carbonyl (C=O) groups excluding carboxylic acids is 4. The Morgan fingerprint density at radius 1 is 1.00 bits per heavy atom. The zero-order valence-electron chi connectivity index (χ0n) is 16.2. The fourth-order valence-electron chi connectivity index (χ4n) is 2.96. The molecule has 0 saturated carbocycles. The molecule has 1 N–H and O–H groups in total. The normalized spacial score (nSPS) is 26.2. The number of hydrogen-bond acceptors (Lipinski definition) is 9. The van der Waals surface area contributed by atoms with Crippen LogP contribution in [-0.4, -0.2) is 54.5 Å². The lowest BCUT2D eigenvalue weighted by atomic mass is 9.95. The van der Waals surface area contributed by atoms with Crippen LogP contribution in [0.1, 0.15) is 26.3 Å². The van der Waals surface area contributed by atoms with E-state index in [1.54, 1.807) is 24.3 Å². The Labute approximate surface area is 167 Å². The van der Waals surface area contributed by atoms with Gasteiger partial charge in [-0.3, -0.25) is 14.4 Å². The third-order valence-corrected chi connectivity index (χ3v) is 4.01. The summed E-state index contributed by atoms with van der Waals surface area (Å²) in [5.41, 5.74) is 0.758. The van der Waals surface area contributed by atoms with Crippen LogP contribution in [0.15, 0.2) is 30.3 Å². The number of carboxylic acids is 1. The SMILES string of the molecule is CC(=O)N[C@@H]1[C@@H](OCc2ccccc2)O[C@@H](C(=O)[O-])[C@@H](OC(C)=O)[C@@H]1OC(C)=O. The number of nitrogens with one attached hydrogen (secondary N) is 1. The first-order chi connectivity index (χ1) is 13.7. The lowest BCUT2D eigenvalue weighted by Crippen LogP contribution is -2.68. The molecule has 1 amide bonds. The maximum atomic E-state index is 11.7. The van der Waals surface area contributed by atoms with Gasteiger partial charge in [-0.05, 0) is 5.56 Å². The van der Waals surface area contributed by atoms with Gasteiger partial charge in [-0.15, -0.1) is 0 Å². The molecule has 2 rings (SSSR count). The van der Waals surface area contributed by atoms with E-state index in [2.05, 4.69) is 5.32 Å². The van der Waals surface area contributed by atoms with Crippen LogP contribution in [0.4, 0.5) is 0 Å². The molecule has 0 radical (unpaired) electrons. The molecule has 0 unspecified atom stereocenters. The zero-order chi connectivity index (χ0) is 21.6. The Kier molecular flexibility index (Phi) is 7.68. The second kappa shape index (κ2) is 9.99. The number of amides is 1. The molecular weight excluding hydrogens is 386 g/mol. The molecule has 10 heteroatoms. The number of aliphatic carboxylic acids is 1. The Hall–Kier alpha value is -2.98. The molecular formula is C19H22NO9-. The average molecular weight is 408 g/mol. The van der Waals surface area contributed by atoms with Gasteiger partial charge in [-0.1, -0.05) is 30.3 Å². The summed E-state index contributed by atoms with van der Waals surface area (Å²) in [6.07, 6.45) is -6.03. The molecule has 158 valence electrons. The Balaban J connectivity index is 2.36. The molecule has 10 nitrogen and oxygen atoms in total. The van der Waals surface area contributed by atoms with E-state index >= 15 is 0 Å². The van der Waals surface area contributed by atoms with E-state index < -0.39 is 54.5 Å². The number of rotatable bonds is 7. The summed E-state index contributed by atoms with van der Waals surface area (Å²) in [5, 5.41) is 14.1. The summed E-state index contributed by atoms with van der Waals surface area (Å²) in [6, 6.07) is 7.80. The quantitative estimate of drug-likeness (QED) is 0.565. The van der Waals surface area contributed by atoms with Crippen molar-refractivity contribution in [1.29, 1.82) is 0 Å². The second-order valence-corrected chi connectivity index (χ2v) is 6.42. The minimum absolute atomic E-state index is 0.0202. The van der Waals surface area contributed by atoms with E-state index in [0.717, 1.165) is 19.4 Å². The Bertz CT molecular complexity index is 751. The number of benzene rings is 1. The summed E-state index contributed by atoms with van der Waals surface area (Å²) in [4.78, 5) is 46.4. The van der Waals surface area contributed by atoms with Gasteiger partial charge < -0.3 is 34.2 Å². The number of esters is 2. The third kappa shape index (κ3) is 6.26. The highest BCUT2D eigenvalue weighted by Crippen LogP contribution is 2.28. The van der Waals surface area contributed by atoms with Crippen LogP contribution in [0.25, 0.3) is 0 Å². The predicted octanol–water partition coefficient (Wildman–Crippen LogP) is -0.954. The van der Waals surface area contributed by atoms with Crippen LogP contribution < -0.4 is 10.4 Å². The van der Waals surface area contributed by atoms with Gasteiger partial charge in [0.05, 0.1) is 12.6 Å². The smallest absolute Gasteiger partial charge is 0.303 e. The molecule has 1 saturated heterocycles. The van der Waals surface area contributed by atoms with Gasteiger partial charge in [0.1, 0.15) is 12.1 Å². The summed E-state index contributed by atoms with van der Waals surface area (Å²) in [5.74, 6) is -3.81. The van der Waals surface area contributed by atoms with Crippen molar-refractivity contribution < 1.29 is 43.2 Å². The number of ether oxygens (including phenoxy) is 4. The fourth-order valence-corrected chi connectivity index (χ4v) is 2.96. The molecule has 0 bridgehead atoms. The Morgan fingerprint density at radius 2 is 1.59 bits per heavy atom. The van der Waals surface area contributed by atoms with Gasteiger partial charge in [0.15, 0.2) is 18.5 Å². The summed E-state index contributed by atoms with van der Waals surface area (Å²) >= 11 is 0. The molecule has 1 aliphatic rings. The predicted molar refractivity (Wildman–Crippen MR) is 93.6 cm³/mol. The minimum atomic E-state index is -1.78. The van der Waals surface area contributed by atoms with Crippen molar-refractivity contribution in [3.05, 3.63) is 35.9 Å². The van der Waals surface area contributed by atoms with Crippen molar-refractivity contribution in [3.63, 3.8) is 0 Å². The molecule has 29 heavy (non-hydrogen) atoms. The van der Waals surface area contributed by atoms with Gasteiger partial charge >= 0.3 is 11.9 Å².